The van der Waals surface area contributed by atoms with Gasteiger partial charge in [0.2, 0.25) is 0 Å². The van der Waals surface area contributed by atoms with E-state index < -0.39 is 0 Å². The molecule has 0 aliphatic heterocycles. The predicted molar refractivity (Wildman–Crippen MR) is 90.8 cm³/mol. The Morgan fingerprint density at radius 2 is 1.86 bits per heavy atom. The van der Waals surface area contributed by atoms with Crippen molar-refractivity contribution in [2.75, 3.05) is 33.9 Å². The van der Waals surface area contributed by atoms with Gasteiger partial charge in [-0.1, -0.05) is 36.8 Å². The van der Waals surface area contributed by atoms with Crippen LogP contribution in [0.1, 0.15) is 43.9 Å². The first-order chi connectivity index (χ1) is 10.1. The van der Waals surface area contributed by atoms with E-state index in [1.165, 1.54) is 17.5 Å². The first kappa shape index (κ1) is 18.1. The van der Waals surface area contributed by atoms with Crippen molar-refractivity contribution in [1.82, 2.24) is 10.2 Å². The van der Waals surface area contributed by atoms with E-state index in [9.17, 15) is 0 Å². The van der Waals surface area contributed by atoms with E-state index in [0.717, 1.165) is 26.1 Å². The molecule has 1 aromatic rings. The summed E-state index contributed by atoms with van der Waals surface area (Å²) < 4.78 is 5.24. The molecule has 3 nitrogen and oxygen atoms in total. The van der Waals surface area contributed by atoms with E-state index in [1.807, 2.05) is 7.05 Å². The van der Waals surface area contributed by atoms with Crippen LogP contribution < -0.4 is 5.32 Å². The average molecular weight is 292 g/mol. The number of hydrogen-bond donors (Lipinski definition) is 1. The quantitative estimate of drug-likeness (QED) is 0.715. The number of ether oxygens (including phenoxy) is 1. The largest absolute Gasteiger partial charge is 0.383 e. The van der Waals surface area contributed by atoms with Gasteiger partial charge in [0.1, 0.15) is 0 Å². The molecule has 1 N–H and O–H groups in total. The number of nitrogens with zero attached hydrogens (tertiary/aromatic N) is 1. The standard InChI is InChI=1S/C18H32N2O/c1-6-16(3)20(13-14-21-5)12-11-18(19-4)17-9-7-15(2)8-10-17/h7-10,16,18-19H,6,11-14H2,1-5H3. The van der Waals surface area contributed by atoms with Crippen LogP contribution in [0.3, 0.4) is 0 Å². The lowest BCUT2D eigenvalue weighted by atomic mass is 10.0. The van der Waals surface area contributed by atoms with E-state index in [-0.39, 0.29) is 0 Å². The molecule has 0 radical (unpaired) electrons. The highest BCUT2D eigenvalue weighted by molar-refractivity contribution is 5.24. The molecule has 2 unspecified atom stereocenters. The van der Waals surface area contributed by atoms with Crippen LogP contribution in [0.2, 0.25) is 0 Å². The van der Waals surface area contributed by atoms with Crippen LogP contribution >= 0.6 is 0 Å². The summed E-state index contributed by atoms with van der Waals surface area (Å²) in [6, 6.07) is 9.88. The van der Waals surface area contributed by atoms with Crippen molar-refractivity contribution in [3.8, 4) is 0 Å². The zero-order chi connectivity index (χ0) is 15.7. The summed E-state index contributed by atoms with van der Waals surface area (Å²) >= 11 is 0. The van der Waals surface area contributed by atoms with Gasteiger partial charge in [-0.15, -0.1) is 0 Å². The highest BCUT2D eigenvalue weighted by Gasteiger charge is 2.15. The van der Waals surface area contributed by atoms with Crippen LogP contribution in [0.25, 0.3) is 0 Å². The Kier molecular flexibility index (Phi) is 8.58. The maximum atomic E-state index is 5.24. The highest BCUT2D eigenvalue weighted by Crippen LogP contribution is 2.18. The third-order valence-electron chi connectivity index (χ3n) is 4.33. The minimum atomic E-state index is 0.416. The van der Waals surface area contributed by atoms with E-state index in [2.05, 4.69) is 55.3 Å². The molecule has 0 aliphatic rings. The van der Waals surface area contributed by atoms with E-state index in [0.29, 0.717) is 12.1 Å². The molecule has 0 heterocycles. The van der Waals surface area contributed by atoms with E-state index in [1.54, 1.807) is 7.11 Å². The van der Waals surface area contributed by atoms with Gasteiger partial charge in [0, 0.05) is 32.3 Å². The van der Waals surface area contributed by atoms with Gasteiger partial charge in [-0.2, -0.15) is 0 Å². The molecular formula is C18H32N2O. The van der Waals surface area contributed by atoms with E-state index in [4.69, 9.17) is 4.74 Å². The summed E-state index contributed by atoms with van der Waals surface area (Å²) in [7, 11) is 3.82. The summed E-state index contributed by atoms with van der Waals surface area (Å²) in [5.74, 6) is 0. The Hall–Kier alpha value is -0.900. The molecule has 0 bridgehead atoms. The second-order valence-electron chi connectivity index (χ2n) is 5.83. The number of hydrogen-bond acceptors (Lipinski definition) is 3. The summed E-state index contributed by atoms with van der Waals surface area (Å²) in [5, 5.41) is 3.45. The third kappa shape index (κ3) is 6.16. The van der Waals surface area contributed by atoms with Crippen LogP contribution in [0.15, 0.2) is 24.3 Å². The maximum Gasteiger partial charge on any atom is 0.0589 e. The SMILES string of the molecule is CCC(C)N(CCOC)CCC(NC)c1ccc(C)cc1. The number of aryl methyl sites for hydroxylation is 1. The second-order valence-corrected chi connectivity index (χ2v) is 5.83. The van der Waals surface area contributed by atoms with Crippen molar-refractivity contribution in [3.63, 3.8) is 0 Å². The molecule has 0 aromatic heterocycles. The zero-order valence-corrected chi connectivity index (χ0v) is 14.4. The maximum absolute atomic E-state index is 5.24. The van der Waals surface area contributed by atoms with Gasteiger partial charge in [0.05, 0.1) is 6.61 Å². The smallest absolute Gasteiger partial charge is 0.0589 e. The van der Waals surface area contributed by atoms with Gasteiger partial charge in [0.25, 0.3) is 0 Å². The van der Waals surface area contributed by atoms with Gasteiger partial charge in [0.15, 0.2) is 0 Å². The molecule has 120 valence electrons. The third-order valence-corrected chi connectivity index (χ3v) is 4.33. The Labute approximate surface area is 130 Å². The van der Waals surface area contributed by atoms with Crippen molar-refractivity contribution >= 4 is 0 Å². The Bertz CT molecular complexity index is 377. The number of methoxy groups -OCH3 is 1. The lowest BCUT2D eigenvalue weighted by molar-refractivity contribution is 0.119. The summed E-state index contributed by atoms with van der Waals surface area (Å²) in [4.78, 5) is 2.53. The lowest BCUT2D eigenvalue weighted by Crippen LogP contribution is -2.37. The van der Waals surface area contributed by atoms with Crippen molar-refractivity contribution in [2.45, 2.75) is 45.7 Å². The molecule has 3 heteroatoms. The lowest BCUT2D eigenvalue weighted by Gasteiger charge is -2.30. The molecule has 0 aliphatic carbocycles. The van der Waals surface area contributed by atoms with Gasteiger partial charge in [-0.25, -0.2) is 0 Å². The zero-order valence-electron chi connectivity index (χ0n) is 14.4. The van der Waals surface area contributed by atoms with Gasteiger partial charge < -0.3 is 10.1 Å². The molecule has 1 rings (SSSR count). The summed E-state index contributed by atoms with van der Waals surface area (Å²) in [5.41, 5.74) is 2.69. The molecule has 1 aromatic carbocycles. The Balaban J connectivity index is 2.60. The molecule has 0 saturated carbocycles. The summed E-state index contributed by atoms with van der Waals surface area (Å²) in [6.07, 6.45) is 2.30. The van der Waals surface area contributed by atoms with Crippen molar-refractivity contribution in [3.05, 3.63) is 35.4 Å². The van der Waals surface area contributed by atoms with Crippen LogP contribution in [0.4, 0.5) is 0 Å². The topological polar surface area (TPSA) is 24.5 Å². The van der Waals surface area contributed by atoms with Crippen LogP contribution in [0, 0.1) is 6.92 Å². The number of nitrogens with one attached hydrogen (secondary N) is 1. The van der Waals surface area contributed by atoms with E-state index >= 15 is 0 Å². The number of benzene rings is 1. The minimum absolute atomic E-state index is 0.416. The van der Waals surface area contributed by atoms with Crippen molar-refractivity contribution in [1.29, 1.82) is 0 Å². The monoisotopic (exact) mass is 292 g/mol. The second kappa shape index (κ2) is 9.93. The van der Waals surface area contributed by atoms with Crippen LogP contribution in [-0.4, -0.2) is 44.8 Å². The van der Waals surface area contributed by atoms with Gasteiger partial charge in [-0.3, -0.25) is 4.90 Å². The molecule has 0 spiro atoms. The summed E-state index contributed by atoms with van der Waals surface area (Å²) in [6.45, 7) is 9.59. The molecule has 2 atom stereocenters. The van der Waals surface area contributed by atoms with Crippen LogP contribution in [-0.2, 0) is 4.74 Å². The predicted octanol–water partition coefficient (Wildman–Crippen LogP) is 3.39. The van der Waals surface area contributed by atoms with Crippen molar-refractivity contribution < 1.29 is 4.74 Å². The first-order valence-electron chi connectivity index (χ1n) is 8.09. The molecule has 0 fully saturated rings. The fourth-order valence-electron chi connectivity index (χ4n) is 2.59. The fourth-order valence-corrected chi connectivity index (χ4v) is 2.59. The Morgan fingerprint density at radius 1 is 1.19 bits per heavy atom. The van der Waals surface area contributed by atoms with Gasteiger partial charge in [-0.05, 0) is 39.3 Å². The molecular weight excluding hydrogens is 260 g/mol. The minimum Gasteiger partial charge on any atom is -0.383 e. The Morgan fingerprint density at radius 3 is 2.38 bits per heavy atom. The fraction of sp³-hybridized carbons (Fsp3) is 0.667. The number of rotatable bonds is 10. The van der Waals surface area contributed by atoms with Crippen LogP contribution in [0.5, 0.6) is 0 Å². The first-order valence-corrected chi connectivity index (χ1v) is 8.09. The molecule has 21 heavy (non-hydrogen) atoms. The highest BCUT2D eigenvalue weighted by atomic mass is 16.5. The normalized spacial score (nSPS) is 14.4. The van der Waals surface area contributed by atoms with Gasteiger partial charge >= 0.3 is 0 Å². The molecule has 0 saturated heterocycles. The average Bonchev–Trinajstić information content (AvgIpc) is 2.51. The molecule has 0 amide bonds. The van der Waals surface area contributed by atoms with Crippen molar-refractivity contribution in [2.24, 2.45) is 0 Å².